The number of benzene rings is 2. The SMILES string of the molecule is Cn1nnc2cc(C(=O)N(CCCN)Cc3ccccc3)ccc21. The second-order valence-corrected chi connectivity index (χ2v) is 5.77. The van der Waals surface area contributed by atoms with E-state index in [1.807, 2.05) is 54.4 Å². The summed E-state index contributed by atoms with van der Waals surface area (Å²) >= 11 is 0. The van der Waals surface area contributed by atoms with Crippen LogP contribution in [-0.2, 0) is 13.6 Å². The number of nitrogens with two attached hydrogens (primary N) is 1. The molecular weight excluding hydrogens is 302 g/mol. The normalized spacial score (nSPS) is 10.9. The molecule has 1 aromatic heterocycles. The van der Waals surface area contributed by atoms with Gasteiger partial charge in [0.05, 0.1) is 5.52 Å². The van der Waals surface area contributed by atoms with Crippen LogP contribution < -0.4 is 5.73 Å². The van der Waals surface area contributed by atoms with Crippen LogP contribution in [0.4, 0.5) is 0 Å². The Morgan fingerprint density at radius 3 is 2.75 bits per heavy atom. The predicted molar refractivity (Wildman–Crippen MR) is 93.4 cm³/mol. The van der Waals surface area contributed by atoms with Gasteiger partial charge in [-0.25, -0.2) is 4.68 Å². The van der Waals surface area contributed by atoms with Gasteiger partial charge in [0.15, 0.2) is 0 Å². The van der Waals surface area contributed by atoms with Gasteiger partial charge in [-0.3, -0.25) is 4.79 Å². The van der Waals surface area contributed by atoms with Crippen molar-refractivity contribution in [2.45, 2.75) is 13.0 Å². The highest BCUT2D eigenvalue weighted by atomic mass is 16.2. The van der Waals surface area contributed by atoms with E-state index in [4.69, 9.17) is 5.73 Å². The van der Waals surface area contributed by atoms with Gasteiger partial charge in [0.25, 0.3) is 5.91 Å². The number of hydrogen-bond acceptors (Lipinski definition) is 4. The Hall–Kier alpha value is -2.73. The molecule has 2 N–H and O–H groups in total. The zero-order valence-electron chi connectivity index (χ0n) is 13.7. The second-order valence-electron chi connectivity index (χ2n) is 5.77. The maximum absolute atomic E-state index is 12.9. The standard InChI is InChI=1S/C18H21N5O/c1-22-17-9-8-15(12-16(17)20-21-22)18(24)23(11-5-10-19)13-14-6-3-2-4-7-14/h2-4,6-9,12H,5,10-11,13,19H2,1H3. The predicted octanol–water partition coefficient (Wildman–Crippen LogP) is 1.96. The van der Waals surface area contributed by atoms with E-state index in [9.17, 15) is 4.79 Å². The lowest BCUT2D eigenvalue weighted by atomic mass is 10.1. The molecule has 2 aromatic carbocycles. The van der Waals surface area contributed by atoms with E-state index in [1.165, 1.54) is 0 Å². The summed E-state index contributed by atoms with van der Waals surface area (Å²) in [7, 11) is 1.83. The van der Waals surface area contributed by atoms with Crippen LogP contribution in [0, 0.1) is 0 Å². The molecule has 3 aromatic rings. The first-order valence-corrected chi connectivity index (χ1v) is 8.02. The molecule has 0 bridgehead atoms. The molecule has 0 fully saturated rings. The third kappa shape index (κ3) is 3.44. The van der Waals surface area contributed by atoms with Crippen molar-refractivity contribution in [2.75, 3.05) is 13.1 Å². The average molecular weight is 323 g/mol. The molecule has 0 aliphatic heterocycles. The molecular formula is C18H21N5O. The third-order valence-corrected chi connectivity index (χ3v) is 3.99. The van der Waals surface area contributed by atoms with Crippen molar-refractivity contribution in [2.24, 2.45) is 12.8 Å². The quantitative estimate of drug-likeness (QED) is 0.752. The molecule has 6 heteroatoms. The number of fused-ring (bicyclic) bond motifs is 1. The van der Waals surface area contributed by atoms with Crippen molar-refractivity contribution in [1.29, 1.82) is 0 Å². The van der Waals surface area contributed by atoms with Gasteiger partial charge < -0.3 is 10.6 Å². The molecule has 0 aliphatic rings. The molecule has 0 saturated carbocycles. The van der Waals surface area contributed by atoms with E-state index in [-0.39, 0.29) is 5.91 Å². The fourth-order valence-corrected chi connectivity index (χ4v) is 2.69. The lowest BCUT2D eigenvalue weighted by Gasteiger charge is -2.23. The molecule has 0 spiro atoms. The van der Waals surface area contributed by atoms with Gasteiger partial charge in [-0.15, -0.1) is 5.10 Å². The van der Waals surface area contributed by atoms with Crippen molar-refractivity contribution in [3.05, 3.63) is 59.7 Å². The number of nitrogens with zero attached hydrogens (tertiary/aromatic N) is 4. The fourth-order valence-electron chi connectivity index (χ4n) is 2.69. The summed E-state index contributed by atoms with van der Waals surface area (Å²) in [5.41, 5.74) is 8.98. The van der Waals surface area contributed by atoms with E-state index in [1.54, 1.807) is 10.7 Å². The topological polar surface area (TPSA) is 77.0 Å². The Kier molecular flexibility index (Phi) is 4.86. The van der Waals surface area contributed by atoms with Gasteiger partial charge in [-0.2, -0.15) is 0 Å². The first kappa shape index (κ1) is 16.1. The highest BCUT2D eigenvalue weighted by molar-refractivity contribution is 5.97. The maximum Gasteiger partial charge on any atom is 0.254 e. The van der Waals surface area contributed by atoms with Gasteiger partial charge in [0, 0.05) is 25.7 Å². The summed E-state index contributed by atoms with van der Waals surface area (Å²) in [5, 5.41) is 8.07. The highest BCUT2D eigenvalue weighted by Crippen LogP contribution is 2.16. The first-order valence-electron chi connectivity index (χ1n) is 8.02. The summed E-state index contributed by atoms with van der Waals surface area (Å²) in [6.45, 7) is 1.75. The number of rotatable bonds is 6. The number of carbonyl (C=O) groups is 1. The van der Waals surface area contributed by atoms with Crippen LogP contribution >= 0.6 is 0 Å². The van der Waals surface area contributed by atoms with Gasteiger partial charge in [-0.1, -0.05) is 35.5 Å². The van der Waals surface area contributed by atoms with Crippen LogP contribution in [0.2, 0.25) is 0 Å². The molecule has 6 nitrogen and oxygen atoms in total. The average Bonchev–Trinajstić information content (AvgIpc) is 2.99. The Morgan fingerprint density at radius 2 is 2.00 bits per heavy atom. The van der Waals surface area contributed by atoms with Gasteiger partial charge >= 0.3 is 0 Å². The summed E-state index contributed by atoms with van der Waals surface area (Å²) in [5.74, 6) is -0.0140. The van der Waals surface area contributed by atoms with E-state index < -0.39 is 0 Å². The van der Waals surface area contributed by atoms with Crippen LogP contribution in [0.5, 0.6) is 0 Å². The minimum absolute atomic E-state index is 0.0140. The van der Waals surface area contributed by atoms with Crippen LogP contribution in [0.25, 0.3) is 11.0 Å². The summed E-state index contributed by atoms with van der Waals surface area (Å²) < 4.78 is 1.69. The monoisotopic (exact) mass is 323 g/mol. The minimum atomic E-state index is -0.0140. The van der Waals surface area contributed by atoms with Crippen molar-refractivity contribution in [3.63, 3.8) is 0 Å². The molecule has 24 heavy (non-hydrogen) atoms. The van der Waals surface area contributed by atoms with Crippen molar-refractivity contribution < 1.29 is 4.79 Å². The summed E-state index contributed by atoms with van der Waals surface area (Å²) in [6, 6.07) is 15.5. The van der Waals surface area contributed by atoms with E-state index in [2.05, 4.69) is 10.3 Å². The summed E-state index contributed by atoms with van der Waals surface area (Å²) in [4.78, 5) is 14.8. The van der Waals surface area contributed by atoms with Gasteiger partial charge in [0.1, 0.15) is 5.52 Å². The number of hydrogen-bond donors (Lipinski definition) is 1. The molecule has 1 heterocycles. The van der Waals surface area contributed by atoms with E-state index >= 15 is 0 Å². The lowest BCUT2D eigenvalue weighted by Crippen LogP contribution is -2.32. The number of aryl methyl sites for hydroxylation is 1. The van der Waals surface area contributed by atoms with Crippen LogP contribution in [0.1, 0.15) is 22.3 Å². The van der Waals surface area contributed by atoms with Crippen LogP contribution in [0.15, 0.2) is 48.5 Å². The van der Waals surface area contributed by atoms with Crippen molar-refractivity contribution in [3.8, 4) is 0 Å². The molecule has 0 saturated heterocycles. The fraction of sp³-hybridized carbons (Fsp3) is 0.278. The molecule has 1 amide bonds. The maximum atomic E-state index is 12.9. The zero-order chi connectivity index (χ0) is 16.9. The lowest BCUT2D eigenvalue weighted by molar-refractivity contribution is 0.0742. The van der Waals surface area contributed by atoms with E-state index in [0.29, 0.717) is 25.2 Å². The van der Waals surface area contributed by atoms with Gasteiger partial charge in [0.2, 0.25) is 0 Å². The zero-order valence-corrected chi connectivity index (χ0v) is 13.7. The van der Waals surface area contributed by atoms with Crippen LogP contribution in [-0.4, -0.2) is 38.9 Å². The molecule has 0 atom stereocenters. The molecule has 0 unspecified atom stereocenters. The van der Waals surface area contributed by atoms with Crippen LogP contribution in [0.3, 0.4) is 0 Å². The smallest absolute Gasteiger partial charge is 0.254 e. The Balaban J connectivity index is 1.85. The molecule has 124 valence electrons. The van der Waals surface area contributed by atoms with Gasteiger partial charge in [-0.05, 0) is 36.7 Å². The second kappa shape index (κ2) is 7.23. The first-order chi connectivity index (χ1) is 11.7. The Bertz CT molecular complexity index is 828. The number of aromatic nitrogens is 3. The molecule has 0 aliphatic carbocycles. The minimum Gasteiger partial charge on any atom is -0.334 e. The number of carbonyl (C=O) groups excluding carboxylic acids is 1. The number of amides is 1. The highest BCUT2D eigenvalue weighted by Gasteiger charge is 2.17. The Morgan fingerprint density at radius 1 is 1.21 bits per heavy atom. The third-order valence-electron chi connectivity index (χ3n) is 3.99. The van der Waals surface area contributed by atoms with E-state index in [0.717, 1.165) is 23.0 Å². The molecule has 3 rings (SSSR count). The van der Waals surface area contributed by atoms with Crippen molar-refractivity contribution in [1.82, 2.24) is 19.9 Å². The Labute approximate surface area is 140 Å². The van der Waals surface area contributed by atoms with Crippen molar-refractivity contribution >= 4 is 16.9 Å². The summed E-state index contributed by atoms with van der Waals surface area (Å²) in [6.07, 6.45) is 0.770. The largest absolute Gasteiger partial charge is 0.334 e. The molecule has 0 radical (unpaired) electrons.